The lowest BCUT2D eigenvalue weighted by molar-refractivity contribution is -0.139. The number of nitrogens with zero attached hydrogens (tertiary/aromatic N) is 2. The van der Waals surface area contributed by atoms with Gasteiger partial charge in [-0.1, -0.05) is 0 Å². The minimum Gasteiger partial charge on any atom is -0.316 e. The Bertz CT molecular complexity index is 608. The molecule has 0 spiro atoms. The zero-order chi connectivity index (χ0) is 14.8. The Labute approximate surface area is 112 Å². The average Bonchev–Trinajstić information content (AvgIpc) is 2.82. The Hall–Kier alpha value is -2.25. The van der Waals surface area contributed by atoms with Gasteiger partial charge in [0.1, 0.15) is 6.54 Å². The summed E-state index contributed by atoms with van der Waals surface area (Å²) in [5.41, 5.74) is 1.20. The number of aromatic amines is 1. The summed E-state index contributed by atoms with van der Waals surface area (Å²) in [5.74, 6) is 0. The molecule has 20 heavy (non-hydrogen) atoms. The van der Waals surface area contributed by atoms with Crippen molar-refractivity contribution in [1.82, 2.24) is 15.1 Å². The molecular weight excluding hydrogens is 273 g/mol. The number of rotatable bonds is 3. The van der Waals surface area contributed by atoms with Crippen molar-refractivity contribution in [2.24, 2.45) is 0 Å². The number of amides is 2. The number of fused-ring (bicyclic) bond motifs is 1. The van der Waals surface area contributed by atoms with E-state index in [1.54, 1.807) is 24.4 Å². The van der Waals surface area contributed by atoms with Gasteiger partial charge < -0.3 is 10.2 Å². The summed E-state index contributed by atoms with van der Waals surface area (Å²) >= 11 is 0. The fourth-order valence-electron chi connectivity index (χ4n) is 1.77. The molecule has 2 rings (SSSR count). The van der Waals surface area contributed by atoms with Crippen molar-refractivity contribution in [3.63, 3.8) is 0 Å². The first-order valence-electron chi connectivity index (χ1n) is 5.95. The van der Waals surface area contributed by atoms with Crippen LogP contribution in [0.4, 0.5) is 23.7 Å². The highest BCUT2D eigenvalue weighted by atomic mass is 19.4. The number of urea groups is 1. The van der Waals surface area contributed by atoms with E-state index in [1.807, 2.05) is 0 Å². The molecule has 0 atom stereocenters. The van der Waals surface area contributed by atoms with E-state index >= 15 is 0 Å². The van der Waals surface area contributed by atoms with Crippen molar-refractivity contribution in [3.8, 4) is 0 Å². The minimum atomic E-state index is -4.41. The molecule has 0 aliphatic carbocycles. The van der Waals surface area contributed by atoms with Gasteiger partial charge in [0.25, 0.3) is 0 Å². The summed E-state index contributed by atoms with van der Waals surface area (Å²) < 4.78 is 37.0. The predicted molar refractivity (Wildman–Crippen MR) is 68.4 cm³/mol. The molecule has 2 aromatic rings. The maximum absolute atomic E-state index is 12.3. The lowest BCUT2D eigenvalue weighted by Gasteiger charge is -2.22. The van der Waals surface area contributed by atoms with E-state index in [9.17, 15) is 18.0 Å². The van der Waals surface area contributed by atoms with E-state index in [-0.39, 0.29) is 6.54 Å². The lowest BCUT2D eigenvalue weighted by atomic mass is 10.2. The molecule has 0 radical (unpaired) electrons. The Kier molecular flexibility index (Phi) is 3.82. The molecule has 0 aliphatic rings. The van der Waals surface area contributed by atoms with Gasteiger partial charge in [0, 0.05) is 17.6 Å². The van der Waals surface area contributed by atoms with Crippen LogP contribution in [0.3, 0.4) is 0 Å². The van der Waals surface area contributed by atoms with Crippen LogP contribution in [0.15, 0.2) is 24.4 Å². The summed E-state index contributed by atoms with van der Waals surface area (Å²) in [6, 6.07) is 4.14. The number of hydrogen-bond acceptors (Lipinski definition) is 2. The standard InChI is InChI=1S/C12H13F3N4O/c1-2-19(7-12(13,14)15)11(20)17-9-3-4-10-8(5-9)6-16-18-10/h3-6H,2,7H2,1H3,(H,16,18)(H,17,20). The van der Waals surface area contributed by atoms with Gasteiger partial charge >= 0.3 is 12.2 Å². The Morgan fingerprint density at radius 1 is 1.45 bits per heavy atom. The Morgan fingerprint density at radius 3 is 2.85 bits per heavy atom. The average molecular weight is 286 g/mol. The normalized spacial score (nSPS) is 11.6. The molecule has 1 heterocycles. The van der Waals surface area contributed by atoms with Crippen molar-refractivity contribution in [2.75, 3.05) is 18.4 Å². The Balaban J connectivity index is 2.09. The van der Waals surface area contributed by atoms with Crippen LogP contribution in [0.5, 0.6) is 0 Å². The molecule has 1 aromatic heterocycles. The fourth-order valence-corrected chi connectivity index (χ4v) is 1.77. The second-order valence-corrected chi connectivity index (χ2v) is 4.23. The van der Waals surface area contributed by atoms with E-state index < -0.39 is 18.8 Å². The molecule has 2 amide bonds. The second kappa shape index (κ2) is 5.40. The third-order valence-corrected chi connectivity index (χ3v) is 2.73. The highest BCUT2D eigenvalue weighted by molar-refractivity contribution is 5.92. The molecule has 2 N–H and O–H groups in total. The first-order chi connectivity index (χ1) is 9.39. The summed E-state index contributed by atoms with van der Waals surface area (Å²) in [5, 5.41) is 9.78. The first-order valence-corrected chi connectivity index (χ1v) is 5.95. The van der Waals surface area contributed by atoms with Gasteiger partial charge in [-0.2, -0.15) is 18.3 Å². The fraction of sp³-hybridized carbons (Fsp3) is 0.333. The number of carbonyl (C=O) groups excluding carboxylic acids is 1. The monoisotopic (exact) mass is 286 g/mol. The van der Waals surface area contributed by atoms with E-state index in [2.05, 4.69) is 15.5 Å². The van der Waals surface area contributed by atoms with Crippen LogP contribution in [0.1, 0.15) is 6.92 Å². The molecular formula is C12H13F3N4O. The summed E-state index contributed by atoms with van der Waals surface area (Å²) in [6.07, 6.45) is -2.85. The van der Waals surface area contributed by atoms with E-state index in [0.29, 0.717) is 10.6 Å². The van der Waals surface area contributed by atoms with Crippen LogP contribution in [-0.4, -0.2) is 40.4 Å². The van der Waals surface area contributed by atoms with Gasteiger partial charge in [-0.3, -0.25) is 5.10 Å². The van der Waals surface area contributed by atoms with E-state index in [0.717, 1.165) is 10.9 Å². The molecule has 0 fully saturated rings. The topological polar surface area (TPSA) is 61.0 Å². The number of aromatic nitrogens is 2. The van der Waals surface area contributed by atoms with Crippen molar-refractivity contribution < 1.29 is 18.0 Å². The van der Waals surface area contributed by atoms with Gasteiger partial charge in [-0.25, -0.2) is 4.79 Å². The van der Waals surface area contributed by atoms with Crippen LogP contribution in [0.2, 0.25) is 0 Å². The van der Waals surface area contributed by atoms with E-state index in [4.69, 9.17) is 0 Å². The van der Waals surface area contributed by atoms with Crippen molar-refractivity contribution in [2.45, 2.75) is 13.1 Å². The number of benzene rings is 1. The SMILES string of the molecule is CCN(CC(F)(F)F)C(=O)Nc1ccc2[nH]ncc2c1. The third kappa shape index (κ3) is 3.40. The third-order valence-electron chi connectivity index (χ3n) is 2.73. The smallest absolute Gasteiger partial charge is 0.316 e. The van der Waals surface area contributed by atoms with Crippen molar-refractivity contribution >= 4 is 22.6 Å². The minimum absolute atomic E-state index is 0.0285. The number of alkyl halides is 3. The number of anilines is 1. The van der Waals surface area contributed by atoms with Crippen LogP contribution in [0, 0.1) is 0 Å². The highest BCUT2D eigenvalue weighted by Crippen LogP contribution is 2.19. The number of hydrogen-bond donors (Lipinski definition) is 2. The summed E-state index contributed by atoms with van der Waals surface area (Å²) in [7, 11) is 0. The van der Waals surface area contributed by atoms with Crippen molar-refractivity contribution in [1.29, 1.82) is 0 Å². The molecule has 8 heteroatoms. The zero-order valence-corrected chi connectivity index (χ0v) is 10.7. The quantitative estimate of drug-likeness (QED) is 0.911. The molecule has 0 unspecified atom stereocenters. The predicted octanol–water partition coefficient (Wildman–Crippen LogP) is 2.98. The van der Waals surface area contributed by atoms with Gasteiger partial charge in [0.2, 0.25) is 0 Å². The maximum Gasteiger partial charge on any atom is 0.406 e. The van der Waals surface area contributed by atoms with Crippen LogP contribution in [0.25, 0.3) is 10.9 Å². The van der Waals surface area contributed by atoms with Gasteiger partial charge in [0.15, 0.2) is 0 Å². The van der Waals surface area contributed by atoms with Crippen LogP contribution in [-0.2, 0) is 0 Å². The molecule has 0 bridgehead atoms. The first kappa shape index (κ1) is 14.2. The number of halogens is 3. The highest BCUT2D eigenvalue weighted by Gasteiger charge is 2.32. The second-order valence-electron chi connectivity index (χ2n) is 4.23. The van der Waals surface area contributed by atoms with Crippen LogP contribution < -0.4 is 5.32 Å². The molecule has 108 valence electrons. The number of carbonyl (C=O) groups is 1. The largest absolute Gasteiger partial charge is 0.406 e. The molecule has 5 nitrogen and oxygen atoms in total. The number of H-pyrrole nitrogens is 1. The van der Waals surface area contributed by atoms with E-state index in [1.165, 1.54) is 6.92 Å². The van der Waals surface area contributed by atoms with Gasteiger partial charge in [-0.05, 0) is 25.1 Å². The molecule has 1 aromatic carbocycles. The lowest BCUT2D eigenvalue weighted by Crippen LogP contribution is -2.41. The van der Waals surface area contributed by atoms with Crippen LogP contribution >= 0.6 is 0 Å². The zero-order valence-electron chi connectivity index (χ0n) is 10.7. The Morgan fingerprint density at radius 2 is 2.20 bits per heavy atom. The maximum atomic E-state index is 12.3. The van der Waals surface area contributed by atoms with Gasteiger partial charge in [0.05, 0.1) is 11.7 Å². The van der Waals surface area contributed by atoms with Crippen molar-refractivity contribution in [3.05, 3.63) is 24.4 Å². The summed E-state index contributed by atoms with van der Waals surface area (Å²) in [4.78, 5) is 12.5. The van der Waals surface area contributed by atoms with Gasteiger partial charge in [-0.15, -0.1) is 0 Å². The number of nitrogens with one attached hydrogen (secondary N) is 2. The molecule has 0 aliphatic heterocycles. The molecule has 0 saturated heterocycles. The molecule has 0 saturated carbocycles. The summed E-state index contributed by atoms with van der Waals surface area (Å²) in [6.45, 7) is 0.188.